The van der Waals surface area contributed by atoms with Crippen molar-refractivity contribution in [2.45, 2.75) is 38.0 Å². The van der Waals surface area contributed by atoms with Gasteiger partial charge in [0.15, 0.2) is 0 Å². The predicted octanol–water partition coefficient (Wildman–Crippen LogP) is 4.40. The third-order valence-corrected chi connectivity index (χ3v) is 7.52. The summed E-state index contributed by atoms with van der Waals surface area (Å²) in [5.41, 5.74) is 2.47. The van der Waals surface area contributed by atoms with E-state index < -0.39 is 18.7 Å². The number of carboxylic acids is 1. The van der Waals surface area contributed by atoms with Crippen LogP contribution in [0, 0.1) is 11.8 Å². The number of alkyl halides is 3. The average molecular weight is 630 g/mol. The number of carboxylic acid groups (broad SMARTS) is 1. The van der Waals surface area contributed by atoms with Crippen molar-refractivity contribution in [2.75, 3.05) is 64.2 Å². The summed E-state index contributed by atoms with van der Waals surface area (Å²) in [4.78, 5) is 24.8. The van der Waals surface area contributed by atoms with Gasteiger partial charge in [-0.3, -0.25) is 9.59 Å². The van der Waals surface area contributed by atoms with Crippen LogP contribution < -0.4 is 20.7 Å². The number of carbonyl (C=O) groups is 2. The lowest BCUT2D eigenvalue weighted by Gasteiger charge is -2.32. The number of hydrogen-bond donors (Lipinski definition) is 4. The molecule has 0 radical (unpaired) electrons. The van der Waals surface area contributed by atoms with E-state index in [9.17, 15) is 22.8 Å². The highest BCUT2D eigenvalue weighted by Crippen LogP contribution is 2.31. The van der Waals surface area contributed by atoms with Gasteiger partial charge in [0, 0.05) is 49.4 Å². The van der Waals surface area contributed by atoms with Gasteiger partial charge in [-0.2, -0.15) is 13.2 Å². The molecule has 242 valence electrons. The summed E-state index contributed by atoms with van der Waals surface area (Å²) in [6.07, 6.45) is -2.76. The van der Waals surface area contributed by atoms with Crippen molar-refractivity contribution >= 4 is 34.2 Å². The molecule has 1 aliphatic heterocycles. The first-order chi connectivity index (χ1) is 21.6. The molecule has 13 heteroatoms. The van der Waals surface area contributed by atoms with Gasteiger partial charge in [0.25, 0.3) is 5.91 Å². The van der Waals surface area contributed by atoms with Gasteiger partial charge in [0.1, 0.15) is 12.3 Å². The van der Waals surface area contributed by atoms with Crippen LogP contribution in [0.3, 0.4) is 0 Å². The van der Waals surface area contributed by atoms with E-state index in [4.69, 9.17) is 14.6 Å². The van der Waals surface area contributed by atoms with Gasteiger partial charge < -0.3 is 40.0 Å². The molecule has 4 rings (SSSR count). The van der Waals surface area contributed by atoms with E-state index in [-0.39, 0.29) is 37.2 Å². The smallest absolute Gasteiger partial charge is 0.406 e. The number of amides is 1. The van der Waals surface area contributed by atoms with Crippen LogP contribution >= 0.6 is 0 Å². The number of nitrogens with zero attached hydrogens (tertiary/aromatic N) is 2. The van der Waals surface area contributed by atoms with Crippen LogP contribution in [0.25, 0.3) is 10.9 Å². The van der Waals surface area contributed by atoms with Crippen molar-refractivity contribution in [2.24, 2.45) is 0 Å². The average Bonchev–Trinajstić information content (AvgIpc) is 3.35. The van der Waals surface area contributed by atoms with Crippen LogP contribution in [0.5, 0.6) is 5.75 Å². The third kappa shape index (κ3) is 9.54. The molecule has 1 amide bonds. The molecule has 1 fully saturated rings. The van der Waals surface area contributed by atoms with Crippen LogP contribution in [0.4, 0.5) is 24.5 Å². The Kier molecular flexibility index (Phi) is 11.6. The lowest BCUT2D eigenvalue weighted by Crippen LogP contribution is -2.40. The molecule has 1 aliphatic rings. The van der Waals surface area contributed by atoms with E-state index >= 15 is 0 Å². The molecule has 2 aromatic carbocycles. The fourth-order valence-electron chi connectivity index (χ4n) is 5.24. The Hall–Kier alpha value is -4.41. The van der Waals surface area contributed by atoms with Gasteiger partial charge in [-0.25, -0.2) is 0 Å². The number of ether oxygens (including phenoxy) is 2. The van der Waals surface area contributed by atoms with Gasteiger partial charge in [0.2, 0.25) is 0 Å². The number of halogens is 3. The minimum Gasteiger partial charge on any atom is -0.495 e. The van der Waals surface area contributed by atoms with Crippen molar-refractivity contribution in [3.05, 3.63) is 53.7 Å². The summed E-state index contributed by atoms with van der Waals surface area (Å²) in [6.45, 7) is 2.00. The number of benzene rings is 2. The summed E-state index contributed by atoms with van der Waals surface area (Å²) in [5.74, 6) is 5.13. The molecular formula is C32H38F3N5O5. The molecule has 1 aromatic heterocycles. The van der Waals surface area contributed by atoms with Gasteiger partial charge in [0.05, 0.1) is 50.2 Å². The SMILES string of the molecule is CNC(=O)c1ccc(NCC#Cc2cc3c(NC4CCN(CCOCCC(=O)O)CC4)cccc3n2CC(F)(F)F)c(OC)c1. The molecule has 2 heterocycles. The number of aromatic nitrogens is 1. The zero-order chi connectivity index (χ0) is 32.4. The molecule has 0 atom stereocenters. The number of fused-ring (bicyclic) bond motifs is 1. The summed E-state index contributed by atoms with van der Waals surface area (Å²) in [7, 11) is 3.01. The second-order valence-corrected chi connectivity index (χ2v) is 10.6. The van der Waals surface area contributed by atoms with Gasteiger partial charge in [-0.1, -0.05) is 12.0 Å². The summed E-state index contributed by atoms with van der Waals surface area (Å²) >= 11 is 0. The maximum Gasteiger partial charge on any atom is 0.406 e. The fraction of sp³-hybridized carbons (Fsp3) is 0.438. The number of rotatable bonds is 13. The van der Waals surface area contributed by atoms with Crippen molar-refractivity contribution in [1.82, 2.24) is 14.8 Å². The Morgan fingerprint density at radius 1 is 1.09 bits per heavy atom. The normalized spacial score (nSPS) is 14.1. The second-order valence-electron chi connectivity index (χ2n) is 10.6. The van der Waals surface area contributed by atoms with Crippen LogP contribution in [-0.2, 0) is 16.1 Å². The summed E-state index contributed by atoms with van der Waals surface area (Å²) in [5, 5.41) is 18.6. The van der Waals surface area contributed by atoms with E-state index in [0.29, 0.717) is 41.1 Å². The Labute approximate surface area is 259 Å². The zero-order valence-corrected chi connectivity index (χ0v) is 25.3. The Bertz CT molecular complexity index is 1540. The number of piperidine rings is 1. The first-order valence-corrected chi connectivity index (χ1v) is 14.7. The van der Waals surface area contributed by atoms with Crippen LogP contribution in [0.2, 0.25) is 0 Å². The largest absolute Gasteiger partial charge is 0.495 e. The zero-order valence-electron chi connectivity index (χ0n) is 25.3. The maximum absolute atomic E-state index is 13.6. The maximum atomic E-state index is 13.6. The molecule has 3 aromatic rings. The highest BCUT2D eigenvalue weighted by atomic mass is 19.4. The molecule has 0 bridgehead atoms. The molecule has 4 N–H and O–H groups in total. The van der Waals surface area contributed by atoms with Crippen molar-refractivity contribution in [1.29, 1.82) is 0 Å². The number of carbonyl (C=O) groups excluding carboxylic acids is 1. The molecule has 0 aliphatic carbocycles. The molecule has 1 saturated heterocycles. The first kappa shape index (κ1) is 33.5. The van der Waals surface area contributed by atoms with E-state index in [2.05, 4.69) is 32.7 Å². The minimum atomic E-state index is -4.44. The van der Waals surface area contributed by atoms with Gasteiger partial charge >= 0.3 is 12.1 Å². The van der Waals surface area contributed by atoms with E-state index in [1.54, 1.807) is 36.4 Å². The minimum absolute atomic E-state index is 0.0163. The van der Waals surface area contributed by atoms with E-state index in [1.807, 2.05) is 6.07 Å². The topological polar surface area (TPSA) is 117 Å². The standard InChI is InChI=1S/C32H38F3N5O5/c1-36-31(43)22-8-9-27(29(19-22)44-2)37-13-4-5-24-20-25-26(6-3-7-28(25)40(24)21-32(33,34)35)38-23-10-14-39(15-11-23)16-18-45-17-12-30(41)42/h3,6-9,19-20,23,37-38H,10-18,21H2,1-2H3,(H,36,43)(H,41,42). The van der Waals surface area contributed by atoms with Crippen molar-refractivity contribution in [3.63, 3.8) is 0 Å². The monoisotopic (exact) mass is 629 g/mol. The number of methoxy groups -OCH3 is 1. The Morgan fingerprint density at radius 3 is 2.56 bits per heavy atom. The van der Waals surface area contributed by atoms with E-state index in [0.717, 1.165) is 31.6 Å². The molecule has 0 spiro atoms. The number of aliphatic carboxylic acids is 1. The number of likely N-dealkylation sites (tertiary alicyclic amines) is 1. The molecule has 45 heavy (non-hydrogen) atoms. The number of nitrogens with one attached hydrogen (secondary N) is 3. The van der Waals surface area contributed by atoms with Crippen molar-refractivity contribution < 1.29 is 37.3 Å². The Morgan fingerprint density at radius 2 is 1.87 bits per heavy atom. The highest BCUT2D eigenvalue weighted by Gasteiger charge is 2.30. The van der Waals surface area contributed by atoms with Crippen LogP contribution in [0.1, 0.15) is 35.3 Å². The fourth-order valence-corrected chi connectivity index (χ4v) is 5.24. The third-order valence-electron chi connectivity index (χ3n) is 7.52. The van der Waals surface area contributed by atoms with Gasteiger partial charge in [-0.05, 0) is 55.2 Å². The van der Waals surface area contributed by atoms with Gasteiger partial charge in [-0.15, -0.1) is 0 Å². The lowest BCUT2D eigenvalue weighted by atomic mass is 10.0. The molecule has 0 saturated carbocycles. The van der Waals surface area contributed by atoms with Crippen LogP contribution in [0.15, 0.2) is 42.5 Å². The quantitative estimate of drug-likeness (QED) is 0.162. The molecule has 0 unspecified atom stereocenters. The molecule has 10 nitrogen and oxygen atoms in total. The second kappa shape index (κ2) is 15.5. The summed E-state index contributed by atoms with van der Waals surface area (Å²) < 4.78 is 52.9. The van der Waals surface area contributed by atoms with Crippen LogP contribution in [-0.4, -0.2) is 92.2 Å². The van der Waals surface area contributed by atoms with Crippen molar-refractivity contribution in [3.8, 4) is 17.6 Å². The lowest BCUT2D eigenvalue weighted by molar-refractivity contribution is -0.140. The molecular weight excluding hydrogens is 591 g/mol. The van der Waals surface area contributed by atoms with E-state index in [1.165, 1.54) is 18.7 Å². The predicted molar refractivity (Wildman–Crippen MR) is 166 cm³/mol. The number of hydrogen-bond acceptors (Lipinski definition) is 7. The number of anilines is 2. The Balaban J connectivity index is 1.44. The highest BCUT2D eigenvalue weighted by molar-refractivity contribution is 5.95. The summed E-state index contributed by atoms with van der Waals surface area (Å²) in [6, 6.07) is 12.0. The first-order valence-electron chi connectivity index (χ1n) is 14.7.